The van der Waals surface area contributed by atoms with Crippen molar-refractivity contribution in [1.82, 2.24) is 14.9 Å². The van der Waals surface area contributed by atoms with Crippen LogP contribution in [0.5, 0.6) is 0 Å². The zero-order valence-electron chi connectivity index (χ0n) is 14.4. The van der Waals surface area contributed by atoms with Gasteiger partial charge in [0.2, 0.25) is 0 Å². The van der Waals surface area contributed by atoms with E-state index in [4.69, 9.17) is 0 Å². The number of carbonyl (C=O) groups excluding carboxylic acids is 1. The fraction of sp³-hybridized carbons (Fsp3) is 0.471. The van der Waals surface area contributed by atoms with Crippen molar-refractivity contribution in [3.63, 3.8) is 0 Å². The van der Waals surface area contributed by atoms with Gasteiger partial charge in [0.15, 0.2) is 5.13 Å². The SMILES string of the molecule is O=C(c1csc(NC2CC2)n1)N1CCN(c2ccc(C(F)(F)F)cn2)CC1. The van der Waals surface area contributed by atoms with Crippen molar-refractivity contribution in [1.29, 1.82) is 0 Å². The summed E-state index contributed by atoms with van der Waals surface area (Å²) >= 11 is 1.43. The number of amides is 1. The number of alkyl halides is 3. The topological polar surface area (TPSA) is 61.4 Å². The molecule has 0 aromatic carbocycles. The molecule has 1 saturated heterocycles. The van der Waals surface area contributed by atoms with Gasteiger partial charge < -0.3 is 15.1 Å². The van der Waals surface area contributed by atoms with Crippen molar-refractivity contribution in [2.24, 2.45) is 0 Å². The highest BCUT2D eigenvalue weighted by Gasteiger charge is 2.31. The van der Waals surface area contributed by atoms with Gasteiger partial charge in [0.25, 0.3) is 5.91 Å². The molecule has 0 spiro atoms. The minimum Gasteiger partial charge on any atom is -0.359 e. The van der Waals surface area contributed by atoms with Crippen LogP contribution in [-0.4, -0.2) is 53.0 Å². The molecular weight excluding hydrogens is 379 g/mol. The molecule has 0 unspecified atom stereocenters. The Labute approximate surface area is 158 Å². The first-order chi connectivity index (χ1) is 12.9. The standard InChI is InChI=1S/C17H18F3N5OS/c18-17(19,20)11-1-4-14(21-9-11)24-5-7-25(8-6-24)15(26)13-10-27-16(23-13)22-12-2-3-12/h1,4,9-10,12H,2-3,5-8H2,(H,22,23). The van der Waals surface area contributed by atoms with Crippen LogP contribution in [0.2, 0.25) is 0 Å². The minimum absolute atomic E-state index is 0.116. The summed E-state index contributed by atoms with van der Waals surface area (Å²) in [6.45, 7) is 1.98. The molecule has 1 aliphatic carbocycles. The lowest BCUT2D eigenvalue weighted by molar-refractivity contribution is -0.137. The van der Waals surface area contributed by atoms with Crippen LogP contribution in [0.1, 0.15) is 28.9 Å². The number of aromatic nitrogens is 2. The first-order valence-electron chi connectivity index (χ1n) is 8.70. The van der Waals surface area contributed by atoms with E-state index in [1.807, 2.05) is 4.90 Å². The number of hydrogen-bond acceptors (Lipinski definition) is 6. The molecule has 2 aliphatic rings. The maximum atomic E-state index is 12.6. The van der Waals surface area contributed by atoms with Crippen molar-refractivity contribution in [3.8, 4) is 0 Å². The van der Waals surface area contributed by atoms with Crippen molar-refractivity contribution in [3.05, 3.63) is 35.0 Å². The number of nitrogens with one attached hydrogen (secondary N) is 1. The summed E-state index contributed by atoms with van der Waals surface area (Å²) in [6.07, 6.45) is -1.26. The van der Waals surface area contributed by atoms with Gasteiger partial charge >= 0.3 is 6.18 Å². The van der Waals surface area contributed by atoms with E-state index in [1.54, 1.807) is 10.3 Å². The highest BCUT2D eigenvalue weighted by atomic mass is 32.1. The van der Waals surface area contributed by atoms with Crippen LogP contribution in [-0.2, 0) is 6.18 Å². The fourth-order valence-corrected chi connectivity index (χ4v) is 3.64. The van der Waals surface area contributed by atoms with E-state index in [-0.39, 0.29) is 5.91 Å². The first kappa shape index (κ1) is 18.0. The molecule has 144 valence electrons. The Morgan fingerprint density at radius 3 is 2.52 bits per heavy atom. The molecule has 4 rings (SSSR count). The Kier molecular flexibility index (Phi) is 4.67. The molecule has 1 saturated carbocycles. The van der Waals surface area contributed by atoms with Crippen LogP contribution >= 0.6 is 11.3 Å². The smallest absolute Gasteiger partial charge is 0.359 e. The van der Waals surface area contributed by atoms with Gasteiger partial charge in [-0.1, -0.05) is 0 Å². The van der Waals surface area contributed by atoms with Gasteiger partial charge in [-0.05, 0) is 25.0 Å². The summed E-state index contributed by atoms with van der Waals surface area (Å²) in [6, 6.07) is 2.89. The van der Waals surface area contributed by atoms with Crippen molar-refractivity contribution in [2.75, 3.05) is 36.4 Å². The molecule has 1 amide bonds. The first-order valence-corrected chi connectivity index (χ1v) is 9.57. The minimum atomic E-state index is -4.39. The molecule has 3 heterocycles. The number of halogens is 3. The van der Waals surface area contributed by atoms with Crippen LogP contribution in [0.3, 0.4) is 0 Å². The number of hydrogen-bond donors (Lipinski definition) is 1. The third-order valence-electron chi connectivity index (χ3n) is 4.59. The van der Waals surface area contributed by atoms with Crippen LogP contribution in [0, 0.1) is 0 Å². The number of rotatable bonds is 4. The Morgan fingerprint density at radius 1 is 1.19 bits per heavy atom. The van der Waals surface area contributed by atoms with E-state index in [9.17, 15) is 18.0 Å². The number of nitrogens with zero attached hydrogens (tertiary/aromatic N) is 4. The zero-order valence-corrected chi connectivity index (χ0v) is 15.2. The van der Waals surface area contributed by atoms with Gasteiger partial charge in [-0.3, -0.25) is 4.79 Å². The molecule has 0 bridgehead atoms. The van der Waals surface area contributed by atoms with Gasteiger partial charge in [-0.15, -0.1) is 11.3 Å². The Balaban J connectivity index is 1.34. The lowest BCUT2D eigenvalue weighted by Crippen LogP contribution is -2.49. The third kappa shape index (κ3) is 4.15. The quantitative estimate of drug-likeness (QED) is 0.859. The Morgan fingerprint density at radius 2 is 1.93 bits per heavy atom. The maximum Gasteiger partial charge on any atom is 0.417 e. The second-order valence-electron chi connectivity index (χ2n) is 6.64. The fourth-order valence-electron chi connectivity index (χ4n) is 2.88. The summed E-state index contributed by atoms with van der Waals surface area (Å²) in [4.78, 5) is 24.5. The van der Waals surface area contributed by atoms with Crippen LogP contribution in [0.25, 0.3) is 0 Å². The van der Waals surface area contributed by atoms with Gasteiger partial charge in [-0.2, -0.15) is 13.2 Å². The average molecular weight is 397 g/mol. The van der Waals surface area contributed by atoms with Gasteiger partial charge in [0.05, 0.1) is 5.56 Å². The molecule has 1 aliphatic heterocycles. The third-order valence-corrected chi connectivity index (χ3v) is 5.37. The van der Waals surface area contributed by atoms with E-state index in [0.717, 1.165) is 30.2 Å². The Bertz CT molecular complexity index is 811. The second kappa shape index (κ2) is 6.99. The zero-order chi connectivity index (χ0) is 19.0. The predicted octanol–water partition coefficient (Wildman–Crippen LogP) is 3.09. The number of thiazole rings is 1. The number of anilines is 2. The summed E-state index contributed by atoms with van der Waals surface area (Å²) in [5, 5.41) is 5.81. The molecule has 0 atom stereocenters. The van der Waals surface area contributed by atoms with E-state index in [1.165, 1.54) is 17.4 Å². The molecule has 2 aromatic heterocycles. The highest BCUT2D eigenvalue weighted by Crippen LogP contribution is 2.30. The highest BCUT2D eigenvalue weighted by molar-refractivity contribution is 7.13. The number of piperazine rings is 1. The molecule has 2 aromatic rings. The van der Waals surface area contributed by atoms with Gasteiger partial charge in [0.1, 0.15) is 11.5 Å². The average Bonchev–Trinajstić information content (AvgIpc) is 3.35. The summed E-state index contributed by atoms with van der Waals surface area (Å²) < 4.78 is 37.9. The molecule has 27 heavy (non-hydrogen) atoms. The summed E-state index contributed by atoms with van der Waals surface area (Å²) in [5.41, 5.74) is -0.330. The van der Waals surface area contributed by atoms with E-state index in [2.05, 4.69) is 15.3 Å². The van der Waals surface area contributed by atoms with Gasteiger partial charge in [0, 0.05) is 43.8 Å². The molecule has 0 radical (unpaired) electrons. The summed E-state index contributed by atoms with van der Waals surface area (Å²) in [5.74, 6) is 0.370. The largest absolute Gasteiger partial charge is 0.417 e. The monoisotopic (exact) mass is 397 g/mol. The summed E-state index contributed by atoms with van der Waals surface area (Å²) in [7, 11) is 0. The normalized spacial score (nSPS) is 17.9. The van der Waals surface area contributed by atoms with Gasteiger partial charge in [-0.25, -0.2) is 9.97 Å². The van der Waals surface area contributed by atoms with E-state index in [0.29, 0.717) is 43.7 Å². The molecular formula is C17H18F3N5OS. The Hall–Kier alpha value is -2.36. The predicted molar refractivity (Wildman–Crippen MR) is 96.1 cm³/mol. The lowest BCUT2D eigenvalue weighted by atomic mass is 10.2. The van der Waals surface area contributed by atoms with Crippen molar-refractivity contribution < 1.29 is 18.0 Å². The van der Waals surface area contributed by atoms with E-state index < -0.39 is 11.7 Å². The molecule has 6 nitrogen and oxygen atoms in total. The van der Waals surface area contributed by atoms with E-state index >= 15 is 0 Å². The molecule has 10 heteroatoms. The van der Waals surface area contributed by atoms with Crippen LogP contribution < -0.4 is 10.2 Å². The van der Waals surface area contributed by atoms with Crippen LogP contribution in [0.4, 0.5) is 24.1 Å². The molecule has 1 N–H and O–H groups in total. The lowest BCUT2D eigenvalue weighted by Gasteiger charge is -2.35. The number of pyridine rings is 1. The molecule has 2 fully saturated rings. The second-order valence-corrected chi connectivity index (χ2v) is 7.50. The van der Waals surface area contributed by atoms with Crippen molar-refractivity contribution >= 4 is 28.2 Å². The number of carbonyl (C=O) groups is 1. The van der Waals surface area contributed by atoms with Crippen molar-refractivity contribution in [2.45, 2.75) is 25.1 Å². The maximum absolute atomic E-state index is 12.6. The van der Waals surface area contributed by atoms with Crippen LogP contribution in [0.15, 0.2) is 23.7 Å².